The first-order valence-corrected chi connectivity index (χ1v) is 8.41. The Balaban J connectivity index is 1.31. The summed E-state index contributed by atoms with van der Waals surface area (Å²) in [5, 5.41) is 0. The Hall–Kier alpha value is -0.0400. The summed E-state index contributed by atoms with van der Waals surface area (Å²) < 4.78 is 6.10. The van der Waals surface area contributed by atoms with Crippen LogP contribution in [0.3, 0.4) is 0 Å². The average Bonchev–Trinajstić information content (AvgIpc) is 2.95. The van der Waals surface area contributed by atoms with Gasteiger partial charge in [0.1, 0.15) is 0 Å². The van der Waals surface area contributed by atoms with Crippen LogP contribution in [0.25, 0.3) is 0 Å². The standard InChI is InChI=1S/C17H30O/c1-13-8-16(9-13)11-14-6-7-15(10-14)12-18-17-4-2-3-5-17/h13-17H,2-12H2,1H3. The van der Waals surface area contributed by atoms with Gasteiger partial charge in [-0.05, 0) is 68.6 Å². The fraction of sp³-hybridized carbons (Fsp3) is 1.00. The SMILES string of the molecule is CC1CC(CC2CCC(COC3CCCC3)C2)C1. The van der Waals surface area contributed by atoms with Gasteiger partial charge in [-0.25, -0.2) is 0 Å². The molecule has 0 heterocycles. The molecule has 0 radical (unpaired) electrons. The van der Waals surface area contributed by atoms with Gasteiger partial charge < -0.3 is 4.74 Å². The summed E-state index contributed by atoms with van der Waals surface area (Å²) in [7, 11) is 0. The largest absolute Gasteiger partial charge is 0.378 e. The van der Waals surface area contributed by atoms with E-state index in [2.05, 4.69) is 6.92 Å². The minimum absolute atomic E-state index is 0.622. The van der Waals surface area contributed by atoms with E-state index in [1.54, 1.807) is 0 Å². The van der Waals surface area contributed by atoms with Crippen molar-refractivity contribution in [3.63, 3.8) is 0 Å². The lowest BCUT2D eigenvalue weighted by molar-refractivity contribution is 0.0334. The summed E-state index contributed by atoms with van der Waals surface area (Å²) in [5.74, 6) is 4.05. The van der Waals surface area contributed by atoms with Crippen LogP contribution in [0.5, 0.6) is 0 Å². The molecule has 0 saturated heterocycles. The Morgan fingerprint density at radius 3 is 2.28 bits per heavy atom. The predicted octanol–water partition coefficient (Wildman–Crippen LogP) is 4.80. The van der Waals surface area contributed by atoms with Crippen molar-refractivity contribution >= 4 is 0 Å². The molecule has 0 N–H and O–H groups in total. The third-order valence-electron chi connectivity index (χ3n) is 5.66. The van der Waals surface area contributed by atoms with E-state index >= 15 is 0 Å². The number of ether oxygens (including phenoxy) is 1. The number of hydrogen-bond acceptors (Lipinski definition) is 1. The Morgan fingerprint density at radius 1 is 0.833 bits per heavy atom. The quantitative estimate of drug-likeness (QED) is 0.681. The molecule has 0 amide bonds. The minimum Gasteiger partial charge on any atom is -0.378 e. The van der Waals surface area contributed by atoms with Gasteiger partial charge in [0.2, 0.25) is 0 Å². The first-order chi connectivity index (χ1) is 8.79. The fourth-order valence-electron chi connectivity index (χ4n) is 4.60. The molecule has 0 aromatic heterocycles. The molecule has 0 spiro atoms. The highest BCUT2D eigenvalue weighted by Gasteiger charge is 2.32. The van der Waals surface area contributed by atoms with Crippen LogP contribution in [-0.4, -0.2) is 12.7 Å². The summed E-state index contributed by atoms with van der Waals surface area (Å²) in [6, 6.07) is 0. The molecule has 104 valence electrons. The molecule has 0 bridgehead atoms. The summed E-state index contributed by atoms with van der Waals surface area (Å²) in [5.41, 5.74) is 0. The molecule has 2 atom stereocenters. The average molecular weight is 250 g/mol. The van der Waals surface area contributed by atoms with E-state index in [0.29, 0.717) is 6.10 Å². The van der Waals surface area contributed by atoms with Crippen molar-refractivity contribution in [2.75, 3.05) is 6.61 Å². The van der Waals surface area contributed by atoms with E-state index in [1.165, 1.54) is 64.2 Å². The molecule has 0 aromatic carbocycles. The van der Waals surface area contributed by atoms with Crippen molar-refractivity contribution in [1.29, 1.82) is 0 Å². The monoisotopic (exact) mass is 250 g/mol. The normalized spacial score (nSPS) is 41.2. The van der Waals surface area contributed by atoms with E-state index in [-0.39, 0.29) is 0 Å². The van der Waals surface area contributed by atoms with Crippen molar-refractivity contribution < 1.29 is 4.74 Å². The molecule has 18 heavy (non-hydrogen) atoms. The van der Waals surface area contributed by atoms with Gasteiger partial charge in [-0.3, -0.25) is 0 Å². The third-order valence-corrected chi connectivity index (χ3v) is 5.66. The summed E-state index contributed by atoms with van der Waals surface area (Å²) in [4.78, 5) is 0. The smallest absolute Gasteiger partial charge is 0.0575 e. The van der Waals surface area contributed by atoms with E-state index in [1.807, 2.05) is 0 Å². The van der Waals surface area contributed by atoms with Crippen LogP contribution < -0.4 is 0 Å². The molecule has 2 unspecified atom stereocenters. The van der Waals surface area contributed by atoms with Crippen LogP contribution in [0.15, 0.2) is 0 Å². The molecule has 0 aromatic rings. The van der Waals surface area contributed by atoms with Gasteiger partial charge in [-0.2, -0.15) is 0 Å². The summed E-state index contributed by atoms with van der Waals surface area (Å²) in [6.45, 7) is 3.48. The van der Waals surface area contributed by atoms with E-state index in [4.69, 9.17) is 4.74 Å². The van der Waals surface area contributed by atoms with Crippen LogP contribution >= 0.6 is 0 Å². The number of hydrogen-bond donors (Lipinski definition) is 0. The Kier molecular flexibility index (Phi) is 4.28. The maximum atomic E-state index is 6.10. The van der Waals surface area contributed by atoms with Gasteiger partial charge in [-0.15, -0.1) is 0 Å². The van der Waals surface area contributed by atoms with Gasteiger partial charge >= 0.3 is 0 Å². The Morgan fingerprint density at radius 2 is 1.56 bits per heavy atom. The van der Waals surface area contributed by atoms with Gasteiger partial charge in [0.25, 0.3) is 0 Å². The molecule has 3 rings (SSSR count). The fourth-order valence-corrected chi connectivity index (χ4v) is 4.60. The first-order valence-electron chi connectivity index (χ1n) is 8.41. The lowest BCUT2D eigenvalue weighted by Gasteiger charge is -2.34. The van der Waals surface area contributed by atoms with Crippen LogP contribution in [0.1, 0.15) is 71.1 Å². The maximum Gasteiger partial charge on any atom is 0.0575 e. The highest BCUT2D eigenvalue weighted by atomic mass is 16.5. The second-order valence-corrected chi connectivity index (χ2v) is 7.46. The summed E-state index contributed by atoms with van der Waals surface area (Å²) >= 11 is 0. The van der Waals surface area contributed by atoms with Crippen LogP contribution in [-0.2, 0) is 4.74 Å². The van der Waals surface area contributed by atoms with Crippen molar-refractivity contribution in [3.8, 4) is 0 Å². The topological polar surface area (TPSA) is 9.23 Å². The van der Waals surface area contributed by atoms with Crippen LogP contribution in [0.4, 0.5) is 0 Å². The van der Waals surface area contributed by atoms with Crippen LogP contribution in [0.2, 0.25) is 0 Å². The van der Waals surface area contributed by atoms with Crippen molar-refractivity contribution in [3.05, 3.63) is 0 Å². The minimum atomic E-state index is 0.622. The highest BCUT2D eigenvalue weighted by Crippen LogP contribution is 2.43. The second kappa shape index (κ2) is 5.94. The highest BCUT2D eigenvalue weighted by molar-refractivity contribution is 4.83. The molecule has 0 aliphatic heterocycles. The van der Waals surface area contributed by atoms with Gasteiger partial charge in [-0.1, -0.05) is 26.2 Å². The lowest BCUT2D eigenvalue weighted by Crippen LogP contribution is -2.23. The molecule has 3 aliphatic rings. The van der Waals surface area contributed by atoms with Crippen molar-refractivity contribution in [1.82, 2.24) is 0 Å². The second-order valence-electron chi connectivity index (χ2n) is 7.46. The van der Waals surface area contributed by atoms with E-state index in [0.717, 1.165) is 30.3 Å². The molecule has 1 heteroatoms. The zero-order chi connectivity index (χ0) is 12.4. The van der Waals surface area contributed by atoms with Crippen molar-refractivity contribution in [2.45, 2.75) is 77.2 Å². The molecule has 3 saturated carbocycles. The first kappa shape index (κ1) is 13.0. The Labute approximate surface area is 113 Å². The Bertz CT molecular complexity index is 250. The molecule has 3 aliphatic carbocycles. The third kappa shape index (κ3) is 3.29. The lowest BCUT2D eigenvalue weighted by atomic mass is 9.72. The van der Waals surface area contributed by atoms with Crippen molar-refractivity contribution in [2.24, 2.45) is 23.7 Å². The van der Waals surface area contributed by atoms with E-state index < -0.39 is 0 Å². The maximum absolute atomic E-state index is 6.10. The van der Waals surface area contributed by atoms with Crippen LogP contribution in [0, 0.1) is 23.7 Å². The zero-order valence-corrected chi connectivity index (χ0v) is 12.1. The van der Waals surface area contributed by atoms with Gasteiger partial charge in [0, 0.05) is 6.61 Å². The molecular weight excluding hydrogens is 220 g/mol. The van der Waals surface area contributed by atoms with Gasteiger partial charge in [0.05, 0.1) is 6.10 Å². The predicted molar refractivity (Wildman–Crippen MR) is 75.5 cm³/mol. The van der Waals surface area contributed by atoms with Gasteiger partial charge in [0.15, 0.2) is 0 Å². The summed E-state index contributed by atoms with van der Waals surface area (Å²) in [6.07, 6.45) is 15.0. The zero-order valence-electron chi connectivity index (χ0n) is 12.1. The molecular formula is C17H30O. The molecule has 1 nitrogen and oxygen atoms in total. The number of rotatable bonds is 5. The van der Waals surface area contributed by atoms with E-state index in [9.17, 15) is 0 Å². The molecule has 3 fully saturated rings.